The van der Waals surface area contributed by atoms with Gasteiger partial charge in [0.1, 0.15) is 0 Å². The fraction of sp³-hybridized carbons (Fsp3) is 0.333. The fourth-order valence-electron chi connectivity index (χ4n) is 5.28. The molecule has 0 radical (unpaired) electrons. The molecule has 0 spiro atoms. The van der Waals surface area contributed by atoms with Crippen LogP contribution in [0, 0.1) is 23.7 Å². The van der Waals surface area contributed by atoms with Crippen LogP contribution in [0.5, 0.6) is 0 Å². The number of rotatable bonds is 5. The Morgan fingerprint density at radius 2 is 1.59 bits per heavy atom. The molecule has 1 amide bonds. The van der Waals surface area contributed by atoms with E-state index in [9.17, 15) is 23.1 Å². The van der Waals surface area contributed by atoms with Gasteiger partial charge in [-0.05, 0) is 60.1 Å². The molecular formula is C24H24N2O5S. The van der Waals surface area contributed by atoms with E-state index in [1.165, 1.54) is 22.0 Å². The molecule has 32 heavy (non-hydrogen) atoms. The van der Waals surface area contributed by atoms with Crippen molar-refractivity contribution in [3.63, 3.8) is 0 Å². The molecule has 4 atom stereocenters. The molecule has 1 fully saturated rings. The molecule has 2 aromatic carbocycles. The minimum absolute atomic E-state index is 0.0669. The SMILES string of the molecule is O=C(O)[C@@H]1[C@@H](C(=O)Nc2ccc(S(=O)(=O)N3CCc4ccccc4C3)cc2)[C@H]2C=C[C@H]1C2. The highest BCUT2D eigenvalue weighted by Gasteiger charge is 2.51. The summed E-state index contributed by atoms with van der Waals surface area (Å²) >= 11 is 0. The zero-order chi connectivity index (χ0) is 22.5. The predicted octanol–water partition coefficient (Wildman–Crippen LogP) is 2.90. The van der Waals surface area contributed by atoms with Crippen molar-refractivity contribution >= 4 is 27.6 Å². The number of benzene rings is 2. The zero-order valence-electron chi connectivity index (χ0n) is 17.3. The van der Waals surface area contributed by atoms with Crippen LogP contribution in [0.3, 0.4) is 0 Å². The van der Waals surface area contributed by atoms with E-state index in [2.05, 4.69) is 5.32 Å². The molecule has 2 aliphatic carbocycles. The van der Waals surface area contributed by atoms with E-state index in [1.807, 2.05) is 36.4 Å². The summed E-state index contributed by atoms with van der Waals surface area (Å²) in [6, 6.07) is 13.9. The summed E-state index contributed by atoms with van der Waals surface area (Å²) in [5.41, 5.74) is 2.64. The van der Waals surface area contributed by atoms with Gasteiger partial charge in [-0.2, -0.15) is 4.31 Å². The van der Waals surface area contributed by atoms with Crippen molar-refractivity contribution in [2.75, 3.05) is 11.9 Å². The van der Waals surface area contributed by atoms with E-state index in [4.69, 9.17) is 0 Å². The van der Waals surface area contributed by atoms with Crippen LogP contribution in [0.4, 0.5) is 5.69 Å². The highest BCUT2D eigenvalue weighted by Crippen LogP contribution is 2.48. The minimum Gasteiger partial charge on any atom is -0.481 e. The second kappa shape index (κ2) is 7.86. The molecule has 8 heteroatoms. The van der Waals surface area contributed by atoms with E-state index in [0.29, 0.717) is 31.6 Å². The summed E-state index contributed by atoms with van der Waals surface area (Å²) in [6.07, 6.45) is 5.18. The van der Waals surface area contributed by atoms with Gasteiger partial charge in [-0.25, -0.2) is 8.42 Å². The largest absolute Gasteiger partial charge is 0.481 e. The van der Waals surface area contributed by atoms with E-state index >= 15 is 0 Å². The van der Waals surface area contributed by atoms with Gasteiger partial charge >= 0.3 is 5.97 Å². The van der Waals surface area contributed by atoms with Gasteiger partial charge in [0.05, 0.1) is 16.7 Å². The van der Waals surface area contributed by atoms with E-state index < -0.39 is 27.8 Å². The molecule has 2 N–H and O–H groups in total. The number of anilines is 1. The molecule has 2 aromatic rings. The number of nitrogens with zero attached hydrogens (tertiary/aromatic N) is 1. The van der Waals surface area contributed by atoms with Gasteiger partial charge in [-0.15, -0.1) is 0 Å². The van der Waals surface area contributed by atoms with Crippen molar-refractivity contribution in [3.05, 3.63) is 71.8 Å². The Morgan fingerprint density at radius 1 is 0.938 bits per heavy atom. The van der Waals surface area contributed by atoms with Crippen molar-refractivity contribution in [2.24, 2.45) is 23.7 Å². The maximum atomic E-state index is 13.1. The molecule has 5 rings (SSSR count). The van der Waals surface area contributed by atoms with Crippen molar-refractivity contribution in [2.45, 2.75) is 24.3 Å². The molecule has 1 saturated carbocycles. The third-order valence-electron chi connectivity index (χ3n) is 6.90. The van der Waals surface area contributed by atoms with Crippen LogP contribution in [0.1, 0.15) is 17.5 Å². The van der Waals surface area contributed by atoms with Crippen molar-refractivity contribution in [1.82, 2.24) is 4.31 Å². The minimum atomic E-state index is -3.66. The molecular weight excluding hydrogens is 428 g/mol. The summed E-state index contributed by atoms with van der Waals surface area (Å²) in [4.78, 5) is 24.7. The van der Waals surface area contributed by atoms with Crippen LogP contribution in [0.2, 0.25) is 0 Å². The smallest absolute Gasteiger partial charge is 0.307 e. The number of carbonyl (C=O) groups is 2. The predicted molar refractivity (Wildman–Crippen MR) is 118 cm³/mol. The lowest BCUT2D eigenvalue weighted by Crippen LogP contribution is -2.36. The Hall–Kier alpha value is -2.97. The van der Waals surface area contributed by atoms with Gasteiger partial charge in [0.2, 0.25) is 15.9 Å². The summed E-state index contributed by atoms with van der Waals surface area (Å²) in [7, 11) is -3.66. The van der Waals surface area contributed by atoms with Gasteiger partial charge < -0.3 is 10.4 Å². The Balaban J connectivity index is 1.30. The molecule has 3 aliphatic rings. The molecule has 2 bridgehead atoms. The quantitative estimate of drug-likeness (QED) is 0.679. The van der Waals surface area contributed by atoms with Crippen LogP contribution >= 0.6 is 0 Å². The highest BCUT2D eigenvalue weighted by molar-refractivity contribution is 7.89. The Bertz CT molecular complexity index is 1210. The number of aliphatic carboxylic acids is 1. The van der Waals surface area contributed by atoms with Crippen LogP contribution in [0.25, 0.3) is 0 Å². The molecule has 166 valence electrons. The number of amides is 1. The highest BCUT2D eigenvalue weighted by atomic mass is 32.2. The number of carboxylic acid groups (broad SMARTS) is 1. The van der Waals surface area contributed by atoms with Gasteiger partial charge in [-0.3, -0.25) is 9.59 Å². The lowest BCUT2D eigenvalue weighted by Gasteiger charge is -2.28. The number of fused-ring (bicyclic) bond motifs is 3. The maximum Gasteiger partial charge on any atom is 0.307 e. The normalized spacial score (nSPS) is 26.6. The first-order valence-electron chi connectivity index (χ1n) is 10.7. The van der Waals surface area contributed by atoms with Crippen LogP contribution in [0.15, 0.2) is 65.6 Å². The Kier molecular flexibility index (Phi) is 5.14. The molecule has 1 heterocycles. The number of carboxylic acids is 1. The lowest BCUT2D eigenvalue weighted by atomic mass is 9.82. The van der Waals surface area contributed by atoms with Crippen LogP contribution < -0.4 is 5.32 Å². The second-order valence-corrected chi connectivity index (χ2v) is 10.6. The standard InChI is InChI=1S/C24H24N2O5S/c27-23(21-16-5-6-17(13-16)22(21)24(28)29)25-19-7-9-20(10-8-19)32(30,31)26-12-11-15-3-1-2-4-18(15)14-26/h1-10,16-17,21-22H,11-14H2,(H,25,27)(H,28,29)/t16-,17-,21-,22-/m0/s1. The first-order chi connectivity index (χ1) is 15.3. The van der Waals surface area contributed by atoms with Crippen LogP contribution in [-0.4, -0.2) is 36.3 Å². The topological polar surface area (TPSA) is 104 Å². The Labute approximate surface area is 186 Å². The Morgan fingerprint density at radius 3 is 2.28 bits per heavy atom. The molecule has 0 unspecified atom stereocenters. The average Bonchev–Trinajstić information content (AvgIpc) is 3.41. The number of sulfonamides is 1. The maximum absolute atomic E-state index is 13.1. The third-order valence-corrected chi connectivity index (χ3v) is 8.76. The third kappa shape index (κ3) is 3.53. The number of nitrogens with one attached hydrogen (secondary N) is 1. The molecule has 0 saturated heterocycles. The van der Waals surface area contributed by atoms with E-state index in [-0.39, 0.29) is 22.6 Å². The number of hydrogen-bond donors (Lipinski definition) is 2. The van der Waals surface area contributed by atoms with Gasteiger partial charge in [0, 0.05) is 18.8 Å². The van der Waals surface area contributed by atoms with Crippen molar-refractivity contribution in [1.29, 1.82) is 0 Å². The average molecular weight is 453 g/mol. The van der Waals surface area contributed by atoms with Crippen LogP contribution in [-0.2, 0) is 32.6 Å². The molecule has 1 aliphatic heterocycles. The first kappa shape index (κ1) is 20.9. The van der Waals surface area contributed by atoms with E-state index in [1.54, 1.807) is 12.1 Å². The second-order valence-electron chi connectivity index (χ2n) is 8.71. The number of hydrogen-bond acceptors (Lipinski definition) is 4. The van der Waals surface area contributed by atoms with Gasteiger partial charge in [0.15, 0.2) is 0 Å². The monoisotopic (exact) mass is 452 g/mol. The van der Waals surface area contributed by atoms with Crippen molar-refractivity contribution < 1.29 is 23.1 Å². The number of carbonyl (C=O) groups excluding carboxylic acids is 1. The van der Waals surface area contributed by atoms with Gasteiger partial charge in [-0.1, -0.05) is 36.4 Å². The fourth-order valence-corrected chi connectivity index (χ4v) is 6.70. The first-order valence-corrected chi connectivity index (χ1v) is 12.2. The molecule has 0 aromatic heterocycles. The summed E-state index contributed by atoms with van der Waals surface area (Å²) in [5, 5.41) is 12.3. The molecule has 7 nitrogen and oxygen atoms in total. The summed E-state index contributed by atoms with van der Waals surface area (Å²) in [6.45, 7) is 0.761. The zero-order valence-corrected chi connectivity index (χ0v) is 18.2. The summed E-state index contributed by atoms with van der Waals surface area (Å²) in [5.74, 6) is -2.78. The van der Waals surface area contributed by atoms with Gasteiger partial charge in [0.25, 0.3) is 0 Å². The summed E-state index contributed by atoms with van der Waals surface area (Å²) < 4.78 is 27.7. The number of allylic oxidation sites excluding steroid dienone is 2. The van der Waals surface area contributed by atoms with E-state index in [0.717, 1.165) is 5.56 Å². The lowest BCUT2D eigenvalue weighted by molar-refractivity contribution is -0.146. The van der Waals surface area contributed by atoms with Crippen molar-refractivity contribution in [3.8, 4) is 0 Å².